The van der Waals surface area contributed by atoms with Gasteiger partial charge in [-0.05, 0) is 6.42 Å². The van der Waals surface area contributed by atoms with E-state index >= 15 is 0 Å². The predicted molar refractivity (Wildman–Crippen MR) is 48.0 cm³/mol. The van der Waals surface area contributed by atoms with Crippen LogP contribution in [0.4, 0.5) is 0 Å². The van der Waals surface area contributed by atoms with Gasteiger partial charge in [-0.25, -0.2) is 0 Å². The minimum Gasteiger partial charge on any atom is -0.387 e. The Balaban J connectivity index is 2.60. The summed E-state index contributed by atoms with van der Waals surface area (Å²) in [5, 5.41) is 0. The van der Waals surface area contributed by atoms with Crippen molar-refractivity contribution in [2.45, 2.75) is 25.8 Å². The number of likely N-dealkylation sites (N-methyl/N-ethyl adjacent to an activating group) is 1. The molecule has 0 aromatic carbocycles. The van der Waals surface area contributed by atoms with E-state index in [2.05, 4.69) is 4.99 Å². The number of hydrogen-bond acceptors (Lipinski definition) is 2. The summed E-state index contributed by atoms with van der Waals surface area (Å²) >= 11 is 0. The fourth-order valence-electron chi connectivity index (χ4n) is 1.22. The SMILES string of the molecule is CCC(N)=NC1CCN(C)C1=O. The second-order valence-electron chi connectivity index (χ2n) is 3.04. The van der Waals surface area contributed by atoms with Gasteiger partial charge in [0.15, 0.2) is 0 Å². The third-order valence-electron chi connectivity index (χ3n) is 2.08. The summed E-state index contributed by atoms with van der Waals surface area (Å²) in [6, 6.07) is -0.213. The summed E-state index contributed by atoms with van der Waals surface area (Å²) in [5.41, 5.74) is 5.54. The highest BCUT2D eigenvalue weighted by Gasteiger charge is 2.28. The standard InChI is InChI=1S/C8H15N3O/c1-3-7(9)10-6-4-5-11(2)8(6)12/h6H,3-5H2,1-2H3,(H2,9,10). The summed E-state index contributed by atoms with van der Waals surface area (Å²) in [7, 11) is 1.79. The van der Waals surface area contributed by atoms with Crippen LogP contribution in [0.2, 0.25) is 0 Å². The fourth-order valence-corrected chi connectivity index (χ4v) is 1.22. The molecule has 1 rings (SSSR count). The largest absolute Gasteiger partial charge is 0.387 e. The first-order valence-electron chi connectivity index (χ1n) is 4.22. The summed E-state index contributed by atoms with van der Waals surface area (Å²) in [6.45, 7) is 2.73. The molecule has 0 aromatic rings. The number of amidine groups is 1. The van der Waals surface area contributed by atoms with E-state index in [1.54, 1.807) is 11.9 Å². The van der Waals surface area contributed by atoms with Crippen LogP contribution in [0.5, 0.6) is 0 Å². The first-order chi connectivity index (χ1) is 5.65. The van der Waals surface area contributed by atoms with Crippen molar-refractivity contribution in [1.82, 2.24) is 4.90 Å². The quantitative estimate of drug-likeness (QED) is 0.466. The highest BCUT2D eigenvalue weighted by Crippen LogP contribution is 2.12. The molecule has 1 aliphatic rings. The van der Waals surface area contributed by atoms with E-state index in [1.165, 1.54) is 0 Å². The van der Waals surface area contributed by atoms with Gasteiger partial charge in [-0.2, -0.15) is 0 Å². The van der Waals surface area contributed by atoms with Crippen molar-refractivity contribution in [1.29, 1.82) is 0 Å². The van der Waals surface area contributed by atoms with Crippen molar-refractivity contribution < 1.29 is 4.79 Å². The van der Waals surface area contributed by atoms with E-state index < -0.39 is 0 Å². The van der Waals surface area contributed by atoms with Gasteiger partial charge in [0.1, 0.15) is 6.04 Å². The molecule has 0 aliphatic carbocycles. The normalized spacial score (nSPS) is 25.2. The minimum absolute atomic E-state index is 0.0893. The van der Waals surface area contributed by atoms with E-state index in [1.807, 2.05) is 6.92 Å². The third-order valence-corrected chi connectivity index (χ3v) is 2.08. The number of carbonyl (C=O) groups is 1. The molecule has 4 heteroatoms. The van der Waals surface area contributed by atoms with Crippen molar-refractivity contribution in [3.63, 3.8) is 0 Å². The average molecular weight is 169 g/mol. The molecular weight excluding hydrogens is 154 g/mol. The lowest BCUT2D eigenvalue weighted by molar-refractivity contribution is -0.127. The number of hydrogen-bond donors (Lipinski definition) is 1. The summed E-state index contributed by atoms with van der Waals surface area (Å²) in [6.07, 6.45) is 1.52. The Bertz CT molecular complexity index is 212. The number of carbonyl (C=O) groups excluding carboxylic acids is 1. The maximum absolute atomic E-state index is 11.3. The highest BCUT2D eigenvalue weighted by atomic mass is 16.2. The van der Waals surface area contributed by atoms with Gasteiger partial charge < -0.3 is 10.6 Å². The summed E-state index contributed by atoms with van der Waals surface area (Å²) in [5.74, 6) is 0.662. The van der Waals surface area contributed by atoms with Crippen LogP contribution in [0.15, 0.2) is 4.99 Å². The van der Waals surface area contributed by atoms with Crippen molar-refractivity contribution in [2.75, 3.05) is 13.6 Å². The monoisotopic (exact) mass is 169 g/mol. The fraction of sp³-hybridized carbons (Fsp3) is 0.750. The topological polar surface area (TPSA) is 58.7 Å². The van der Waals surface area contributed by atoms with Crippen LogP contribution in [0.25, 0.3) is 0 Å². The Morgan fingerprint density at radius 2 is 2.50 bits per heavy atom. The van der Waals surface area contributed by atoms with Gasteiger partial charge in [-0.3, -0.25) is 9.79 Å². The first kappa shape index (κ1) is 9.03. The van der Waals surface area contributed by atoms with Crippen LogP contribution in [0.1, 0.15) is 19.8 Å². The Labute approximate surface area is 72.4 Å². The molecular formula is C8H15N3O. The molecule has 1 amide bonds. The Hall–Kier alpha value is -1.06. The second-order valence-corrected chi connectivity index (χ2v) is 3.04. The Morgan fingerprint density at radius 1 is 1.83 bits per heavy atom. The Morgan fingerprint density at radius 3 is 2.92 bits per heavy atom. The second kappa shape index (κ2) is 3.56. The molecule has 1 saturated heterocycles. The Kier molecular flexibility index (Phi) is 2.68. The molecule has 0 bridgehead atoms. The molecule has 0 saturated carbocycles. The molecule has 2 N–H and O–H groups in total. The zero-order valence-electron chi connectivity index (χ0n) is 7.58. The molecule has 68 valence electrons. The number of likely N-dealkylation sites (tertiary alicyclic amines) is 1. The first-order valence-corrected chi connectivity index (χ1v) is 4.22. The van der Waals surface area contributed by atoms with E-state index in [4.69, 9.17) is 5.73 Å². The number of rotatable bonds is 2. The number of nitrogens with zero attached hydrogens (tertiary/aromatic N) is 2. The molecule has 1 atom stereocenters. The van der Waals surface area contributed by atoms with Gasteiger partial charge in [0.05, 0.1) is 5.84 Å². The zero-order chi connectivity index (χ0) is 9.14. The third kappa shape index (κ3) is 1.75. The molecule has 12 heavy (non-hydrogen) atoms. The van der Waals surface area contributed by atoms with Crippen molar-refractivity contribution in [3.8, 4) is 0 Å². The van der Waals surface area contributed by atoms with Crippen LogP contribution >= 0.6 is 0 Å². The number of nitrogens with two attached hydrogens (primary N) is 1. The number of amides is 1. The lowest BCUT2D eigenvalue weighted by Gasteiger charge is -2.06. The molecule has 0 radical (unpaired) electrons. The van der Waals surface area contributed by atoms with Gasteiger partial charge >= 0.3 is 0 Å². The summed E-state index contributed by atoms with van der Waals surface area (Å²) < 4.78 is 0. The van der Waals surface area contributed by atoms with Crippen LogP contribution in [0.3, 0.4) is 0 Å². The van der Waals surface area contributed by atoms with Crippen LogP contribution in [-0.2, 0) is 4.79 Å². The lowest BCUT2D eigenvalue weighted by atomic mass is 10.2. The molecule has 4 nitrogen and oxygen atoms in total. The van der Waals surface area contributed by atoms with Gasteiger partial charge in [0.25, 0.3) is 0 Å². The minimum atomic E-state index is -0.213. The molecule has 1 fully saturated rings. The van der Waals surface area contributed by atoms with E-state index in [0.29, 0.717) is 12.3 Å². The highest BCUT2D eigenvalue weighted by molar-refractivity contribution is 5.88. The van der Waals surface area contributed by atoms with Gasteiger partial charge in [0, 0.05) is 20.0 Å². The van der Waals surface area contributed by atoms with Crippen LogP contribution < -0.4 is 5.73 Å². The molecule has 1 heterocycles. The van der Waals surface area contributed by atoms with Gasteiger partial charge in [-0.15, -0.1) is 0 Å². The number of aliphatic imine (C=N–C) groups is 1. The van der Waals surface area contributed by atoms with Crippen molar-refractivity contribution in [3.05, 3.63) is 0 Å². The van der Waals surface area contributed by atoms with Crippen LogP contribution in [0, 0.1) is 0 Å². The van der Waals surface area contributed by atoms with E-state index in [0.717, 1.165) is 13.0 Å². The maximum atomic E-state index is 11.3. The summed E-state index contributed by atoms with van der Waals surface area (Å²) in [4.78, 5) is 17.1. The van der Waals surface area contributed by atoms with E-state index in [9.17, 15) is 4.79 Å². The average Bonchev–Trinajstić information content (AvgIpc) is 2.36. The molecule has 0 aromatic heterocycles. The smallest absolute Gasteiger partial charge is 0.247 e. The zero-order valence-corrected chi connectivity index (χ0v) is 7.58. The predicted octanol–water partition coefficient (Wildman–Crippen LogP) is -0.0157. The van der Waals surface area contributed by atoms with Crippen molar-refractivity contribution >= 4 is 11.7 Å². The molecule has 0 spiro atoms. The van der Waals surface area contributed by atoms with Crippen LogP contribution in [-0.4, -0.2) is 36.3 Å². The molecule has 1 unspecified atom stereocenters. The van der Waals surface area contributed by atoms with E-state index in [-0.39, 0.29) is 11.9 Å². The lowest BCUT2D eigenvalue weighted by Crippen LogP contribution is -2.26. The molecule has 1 aliphatic heterocycles. The van der Waals surface area contributed by atoms with Crippen molar-refractivity contribution in [2.24, 2.45) is 10.7 Å². The van der Waals surface area contributed by atoms with Gasteiger partial charge in [0.2, 0.25) is 5.91 Å². The maximum Gasteiger partial charge on any atom is 0.247 e. The van der Waals surface area contributed by atoms with Gasteiger partial charge in [-0.1, -0.05) is 6.92 Å².